The van der Waals surface area contributed by atoms with Crippen molar-refractivity contribution >= 4 is 6.09 Å². The largest absolute Gasteiger partial charge is 0.444 e. The van der Waals surface area contributed by atoms with Gasteiger partial charge in [-0.25, -0.2) is 4.79 Å². The molecule has 0 radical (unpaired) electrons. The molecule has 2 aliphatic rings. The lowest BCUT2D eigenvalue weighted by Crippen LogP contribution is -2.42. The van der Waals surface area contributed by atoms with Gasteiger partial charge in [-0.15, -0.1) is 0 Å². The molecule has 0 aromatic heterocycles. The molecule has 1 aromatic carbocycles. The lowest BCUT2D eigenvalue weighted by molar-refractivity contribution is 0.0517. The lowest BCUT2D eigenvalue weighted by atomic mass is 10.0. The number of hydrogen-bond acceptors (Lipinski definition) is 4. The smallest absolute Gasteiger partial charge is 0.407 e. The Morgan fingerprint density at radius 2 is 1.96 bits per heavy atom. The summed E-state index contributed by atoms with van der Waals surface area (Å²) < 4.78 is 5.34. The number of nitrogens with two attached hydrogens (primary N) is 1. The van der Waals surface area contributed by atoms with Gasteiger partial charge in [0.05, 0.1) is 0 Å². The van der Waals surface area contributed by atoms with Gasteiger partial charge in [0.2, 0.25) is 0 Å². The van der Waals surface area contributed by atoms with E-state index in [0.29, 0.717) is 24.5 Å². The third kappa shape index (κ3) is 4.53. The second-order valence-electron chi connectivity index (χ2n) is 8.37. The monoisotopic (exact) mass is 345 g/mol. The number of ether oxygens (including phenoxy) is 1. The standard InChI is InChI=1S/C20H31N3O2/c1-20(2,3)25-19(24)22-12-13-7-6-10-17(13)23-18-11-16(21)14-8-4-5-9-15(14)18/h4-5,8-9,13,16-18,23H,6-7,10-12,21H2,1-3H3,(H,22,24). The fourth-order valence-electron chi connectivity index (χ4n) is 4.12. The molecule has 4 atom stereocenters. The second-order valence-corrected chi connectivity index (χ2v) is 8.37. The molecule has 1 saturated carbocycles. The minimum atomic E-state index is -0.457. The minimum Gasteiger partial charge on any atom is -0.444 e. The third-order valence-electron chi connectivity index (χ3n) is 5.24. The Balaban J connectivity index is 1.55. The Labute approximate surface area is 150 Å². The molecule has 0 aliphatic heterocycles. The van der Waals surface area contributed by atoms with E-state index < -0.39 is 5.60 Å². The minimum absolute atomic E-state index is 0.119. The zero-order valence-corrected chi connectivity index (χ0v) is 15.5. The number of fused-ring (bicyclic) bond motifs is 1. The van der Waals surface area contributed by atoms with Crippen LogP contribution in [0, 0.1) is 5.92 Å². The predicted molar refractivity (Wildman–Crippen MR) is 99.2 cm³/mol. The molecule has 1 fully saturated rings. The number of hydrogen-bond donors (Lipinski definition) is 3. The average Bonchev–Trinajstić information content (AvgIpc) is 3.10. The van der Waals surface area contributed by atoms with Crippen molar-refractivity contribution in [3.8, 4) is 0 Å². The van der Waals surface area contributed by atoms with Crippen molar-refractivity contribution in [3.05, 3.63) is 35.4 Å². The molecule has 25 heavy (non-hydrogen) atoms. The van der Waals surface area contributed by atoms with Gasteiger partial charge in [0.25, 0.3) is 0 Å². The van der Waals surface area contributed by atoms with Gasteiger partial charge in [-0.05, 0) is 57.1 Å². The van der Waals surface area contributed by atoms with Gasteiger partial charge in [0.1, 0.15) is 5.60 Å². The highest BCUT2D eigenvalue weighted by Crippen LogP contribution is 2.39. The Bertz CT molecular complexity index is 611. The van der Waals surface area contributed by atoms with E-state index in [-0.39, 0.29) is 12.1 Å². The first-order valence-corrected chi connectivity index (χ1v) is 9.41. The molecule has 5 nitrogen and oxygen atoms in total. The van der Waals surface area contributed by atoms with Crippen LogP contribution in [0.2, 0.25) is 0 Å². The zero-order chi connectivity index (χ0) is 18.0. The van der Waals surface area contributed by atoms with Gasteiger partial charge in [-0.2, -0.15) is 0 Å². The normalized spacial score (nSPS) is 28.6. The summed E-state index contributed by atoms with van der Waals surface area (Å²) >= 11 is 0. The molecule has 4 N–H and O–H groups in total. The average molecular weight is 345 g/mol. The van der Waals surface area contributed by atoms with Crippen LogP contribution in [0.15, 0.2) is 24.3 Å². The molecule has 0 saturated heterocycles. The number of carbonyl (C=O) groups is 1. The van der Waals surface area contributed by atoms with Crippen molar-refractivity contribution in [2.75, 3.05) is 6.54 Å². The number of nitrogens with one attached hydrogen (secondary N) is 2. The summed E-state index contributed by atoms with van der Waals surface area (Å²) in [5.41, 5.74) is 8.43. The molecular formula is C20H31N3O2. The first-order chi connectivity index (χ1) is 11.8. The van der Waals surface area contributed by atoms with E-state index in [0.717, 1.165) is 19.3 Å². The van der Waals surface area contributed by atoms with E-state index in [9.17, 15) is 4.79 Å². The first kappa shape index (κ1) is 18.2. The number of alkyl carbamates (subject to hydrolysis) is 1. The van der Waals surface area contributed by atoms with Crippen LogP contribution in [0.4, 0.5) is 4.79 Å². The van der Waals surface area contributed by atoms with E-state index in [4.69, 9.17) is 10.5 Å². The van der Waals surface area contributed by atoms with Gasteiger partial charge < -0.3 is 21.1 Å². The van der Waals surface area contributed by atoms with Crippen LogP contribution in [0.3, 0.4) is 0 Å². The Hall–Kier alpha value is -1.59. The Morgan fingerprint density at radius 1 is 1.24 bits per heavy atom. The quantitative estimate of drug-likeness (QED) is 0.781. The SMILES string of the molecule is CC(C)(C)OC(=O)NCC1CCCC1NC1CC(N)c2ccccc21. The Kier molecular flexibility index (Phi) is 5.35. The molecule has 0 spiro atoms. The maximum atomic E-state index is 11.9. The van der Waals surface area contributed by atoms with Gasteiger partial charge in [0.15, 0.2) is 0 Å². The summed E-state index contributed by atoms with van der Waals surface area (Å²) in [5.74, 6) is 0.441. The van der Waals surface area contributed by atoms with E-state index in [1.807, 2.05) is 20.8 Å². The summed E-state index contributed by atoms with van der Waals surface area (Å²) in [6.07, 6.45) is 4.09. The van der Waals surface area contributed by atoms with Crippen molar-refractivity contribution < 1.29 is 9.53 Å². The second kappa shape index (κ2) is 7.34. The van der Waals surface area contributed by atoms with Crippen LogP contribution < -0.4 is 16.4 Å². The van der Waals surface area contributed by atoms with Crippen LogP contribution >= 0.6 is 0 Å². The number of benzene rings is 1. The van der Waals surface area contributed by atoms with E-state index in [1.165, 1.54) is 17.5 Å². The highest BCUT2D eigenvalue weighted by Gasteiger charge is 2.34. The molecule has 2 aliphatic carbocycles. The number of rotatable bonds is 4. The van der Waals surface area contributed by atoms with E-state index in [2.05, 4.69) is 34.9 Å². The van der Waals surface area contributed by atoms with Crippen LogP contribution in [0.1, 0.15) is 69.7 Å². The van der Waals surface area contributed by atoms with Crippen LogP contribution in [0.5, 0.6) is 0 Å². The van der Waals surface area contributed by atoms with Crippen molar-refractivity contribution in [1.82, 2.24) is 10.6 Å². The molecule has 4 unspecified atom stereocenters. The Morgan fingerprint density at radius 3 is 2.68 bits per heavy atom. The molecule has 5 heteroatoms. The van der Waals surface area contributed by atoms with E-state index >= 15 is 0 Å². The van der Waals surface area contributed by atoms with Gasteiger partial charge in [-0.1, -0.05) is 30.7 Å². The molecule has 0 bridgehead atoms. The van der Waals surface area contributed by atoms with Crippen molar-refractivity contribution in [1.29, 1.82) is 0 Å². The number of amides is 1. The number of carbonyl (C=O) groups excluding carboxylic acids is 1. The highest BCUT2D eigenvalue weighted by atomic mass is 16.6. The summed E-state index contributed by atoms with van der Waals surface area (Å²) in [6, 6.07) is 9.32. The molecule has 138 valence electrons. The molecule has 1 amide bonds. The first-order valence-electron chi connectivity index (χ1n) is 9.41. The fraction of sp³-hybridized carbons (Fsp3) is 0.650. The summed E-state index contributed by atoms with van der Waals surface area (Å²) in [5, 5.41) is 6.75. The maximum absolute atomic E-state index is 11.9. The van der Waals surface area contributed by atoms with Gasteiger partial charge in [-0.3, -0.25) is 0 Å². The molecular weight excluding hydrogens is 314 g/mol. The highest BCUT2D eigenvalue weighted by molar-refractivity contribution is 5.67. The summed E-state index contributed by atoms with van der Waals surface area (Å²) in [6.45, 7) is 6.31. The predicted octanol–water partition coefficient (Wildman–Crippen LogP) is 3.41. The van der Waals surface area contributed by atoms with Gasteiger partial charge in [0, 0.05) is 24.7 Å². The van der Waals surface area contributed by atoms with Crippen molar-refractivity contribution in [2.45, 2.75) is 70.2 Å². The van der Waals surface area contributed by atoms with Crippen LogP contribution in [-0.4, -0.2) is 24.3 Å². The molecule has 0 heterocycles. The van der Waals surface area contributed by atoms with E-state index in [1.54, 1.807) is 0 Å². The van der Waals surface area contributed by atoms with Crippen molar-refractivity contribution in [2.24, 2.45) is 11.7 Å². The van der Waals surface area contributed by atoms with Crippen LogP contribution in [-0.2, 0) is 4.74 Å². The third-order valence-corrected chi connectivity index (χ3v) is 5.24. The van der Waals surface area contributed by atoms with Crippen LogP contribution in [0.25, 0.3) is 0 Å². The summed E-state index contributed by atoms with van der Waals surface area (Å²) in [4.78, 5) is 11.9. The zero-order valence-electron chi connectivity index (χ0n) is 15.5. The molecule has 1 aromatic rings. The lowest BCUT2D eigenvalue weighted by Gasteiger charge is -2.26. The van der Waals surface area contributed by atoms with Gasteiger partial charge >= 0.3 is 6.09 Å². The molecule has 3 rings (SSSR count). The fourth-order valence-corrected chi connectivity index (χ4v) is 4.12. The van der Waals surface area contributed by atoms with Crippen molar-refractivity contribution in [3.63, 3.8) is 0 Å². The topological polar surface area (TPSA) is 76.4 Å². The maximum Gasteiger partial charge on any atom is 0.407 e. The summed E-state index contributed by atoms with van der Waals surface area (Å²) in [7, 11) is 0.